The fraction of sp³-hybridized carbons (Fsp3) is 1.00. The van der Waals surface area contributed by atoms with Crippen LogP contribution in [0.1, 0.15) is 54.4 Å². The van der Waals surface area contributed by atoms with Gasteiger partial charge in [-0.1, -0.05) is 48.0 Å². The van der Waals surface area contributed by atoms with Crippen molar-refractivity contribution in [3.63, 3.8) is 0 Å². The second-order valence-electron chi connectivity index (χ2n) is 5.86. The molecule has 3 unspecified atom stereocenters. The molecule has 1 rings (SSSR count). The summed E-state index contributed by atoms with van der Waals surface area (Å²) in [6, 6.07) is 0. The molecular formula is C13H26. The van der Waals surface area contributed by atoms with E-state index in [4.69, 9.17) is 0 Å². The van der Waals surface area contributed by atoms with E-state index in [1.54, 1.807) is 0 Å². The van der Waals surface area contributed by atoms with E-state index in [0.29, 0.717) is 5.41 Å². The lowest BCUT2D eigenvalue weighted by Gasteiger charge is -2.19. The molecule has 0 radical (unpaired) electrons. The molecule has 0 aromatic carbocycles. The Morgan fingerprint density at radius 3 is 1.92 bits per heavy atom. The Kier molecular flexibility index (Phi) is 3.09. The molecule has 3 atom stereocenters. The number of rotatable bonds is 4. The summed E-state index contributed by atoms with van der Waals surface area (Å²) in [6.07, 6.45) is 2.82. The standard InChI is InChI=1S/C13H26/c1-7-11(9(2)3)8-12-10(4)13(12,5)6/h9-12H,7-8H2,1-6H3. The van der Waals surface area contributed by atoms with E-state index in [2.05, 4.69) is 41.5 Å². The van der Waals surface area contributed by atoms with Crippen LogP contribution in [-0.2, 0) is 0 Å². The lowest BCUT2D eigenvalue weighted by Crippen LogP contribution is -2.09. The summed E-state index contributed by atoms with van der Waals surface area (Å²) in [5.74, 6) is 3.78. The molecule has 13 heavy (non-hydrogen) atoms. The van der Waals surface area contributed by atoms with Crippen LogP contribution in [0.5, 0.6) is 0 Å². The molecule has 0 amide bonds. The molecule has 0 nitrogen and oxygen atoms in total. The Bertz CT molecular complexity index is 167. The molecule has 1 aliphatic rings. The molecule has 1 saturated carbocycles. The smallest absolute Gasteiger partial charge is 0.0295 e. The summed E-state index contributed by atoms with van der Waals surface area (Å²) in [5.41, 5.74) is 0.641. The zero-order valence-electron chi connectivity index (χ0n) is 10.2. The summed E-state index contributed by atoms with van der Waals surface area (Å²) in [5, 5.41) is 0. The van der Waals surface area contributed by atoms with E-state index < -0.39 is 0 Å². The first-order valence-corrected chi connectivity index (χ1v) is 5.91. The third-order valence-corrected chi connectivity index (χ3v) is 4.65. The lowest BCUT2D eigenvalue weighted by molar-refractivity contribution is 0.313. The van der Waals surface area contributed by atoms with Gasteiger partial charge in [0.2, 0.25) is 0 Å². The van der Waals surface area contributed by atoms with E-state index in [0.717, 1.165) is 23.7 Å². The second kappa shape index (κ2) is 3.63. The highest BCUT2D eigenvalue weighted by atomic mass is 14.6. The SMILES string of the molecule is CCC(CC1C(C)C1(C)C)C(C)C. The topological polar surface area (TPSA) is 0 Å². The van der Waals surface area contributed by atoms with E-state index in [9.17, 15) is 0 Å². The van der Waals surface area contributed by atoms with Gasteiger partial charge in [0.25, 0.3) is 0 Å². The molecule has 0 aliphatic heterocycles. The van der Waals surface area contributed by atoms with E-state index in [1.165, 1.54) is 12.8 Å². The lowest BCUT2D eigenvalue weighted by atomic mass is 9.87. The van der Waals surface area contributed by atoms with Gasteiger partial charge in [-0.15, -0.1) is 0 Å². The van der Waals surface area contributed by atoms with Gasteiger partial charge in [-0.25, -0.2) is 0 Å². The monoisotopic (exact) mass is 182 g/mol. The largest absolute Gasteiger partial charge is 0.0651 e. The van der Waals surface area contributed by atoms with Crippen LogP contribution in [0.15, 0.2) is 0 Å². The fourth-order valence-corrected chi connectivity index (χ4v) is 2.76. The molecule has 0 aromatic rings. The third-order valence-electron chi connectivity index (χ3n) is 4.65. The van der Waals surface area contributed by atoms with Crippen molar-refractivity contribution >= 4 is 0 Å². The van der Waals surface area contributed by atoms with Crippen molar-refractivity contribution in [1.82, 2.24) is 0 Å². The van der Waals surface area contributed by atoms with Gasteiger partial charge in [0.05, 0.1) is 0 Å². The molecule has 0 bridgehead atoms. The maximum absolute atomic E-state index is 2.43. The molecule has 0 spiro atoms. The normalized spacial score (nSPS) is 33.5. The van der Waals surface area contributed by atoms with Gasteiger partial charge in [0.1, 0.15) is 0 Å². The maximum atomic E-state index is 2.43. The first-order valence-electron chi connectivity index (χ1n) is 5.91. The second-order valence-corrected chi connectivity index (χ2v) is 5.86. The summed E-state index contributed by atoms with van der Waals surface area (Å²) < 4.78 is 0. The first-order chi connectivity index (χ1) is 5.91. The minimum atomic E-state index is 0.641. The summed E-state index contributed by atoms with van der Waals surface area (Å²) in [4.78, 5) is 0. The zero-order chi connectivity index (χ0) is 10.2. The predicted molar refractivity (Wildman–Crippen MR) is 59.7 cm³/mol. The van der Waals surface area contributed by atoms with Crippen molar-refractivity contribution in [2.24, 2.45) is 29.1 Å². The number of hydrogen-bond acceptors (Lipinski definition) is 0. The van der Waals surface area contributed by atoms with Crippen LogP contribution in [0.4, 0.5) is 0 Å². The Balaban J connectivity index is 2.41. The van der Waals surface area contributed by atoms with Crippen molar-refractivity contribution in [1.29, 1.82) is 0 Å². The third kappa shape index (κ3) is 2.08. The number of hydrogen-bond donors (Lipinski definition) is 0. The molecule has 1 aliphatic carbocycles. The van der Waals surface area contributed by atoms with Gasteiger partial charge < -0.3 is 0 Å². The Labute approximate surface area is 84.1 Å². The van der Waals surface area contributed by atoms with Gasteiger partial charge in [0, 0.05) is 0 Å². The quantitative estimate of drug-likeness (QED) is 0.606. The molecule has 0 saturated heterocycles. The van der Waals surface area contributed by atoms with Crippen molar-refractivity contribution in [3.8, 4) is 0 Å². The van der Waals surface area contributed by atoms with Gasteiger partial charge in [0.15, 0.2) is 0 Å². The van der Waals surface area contributed by atoms with Gasteiger partial charge in [-0.3, -0.25) is 0 Å². The minimum absolute atomic E-state index is 0.641. The Morgan fingerprint density at radius 1 is 1.23 bits per heavy atom. The van der Waals surface area contributed by atoms with Gasteiger partial charge >= 0.3 is 0 Å². The molecule has 0 heteroatoms. The van der Waals surface area contributed by atoms with E-state index >= 15 is 0 Å². The van der Waals surface area contributed by atoms with Crippen molar-refractivity contribution in [3.05, 3.63) is 0 Å². The van der Waals surface area contributed by atoms with Crippen LogP contribution in [0.25, 0.3) is 0 Å². The maximum Gasteiger partial charge on any atom is -0.0295 e. The highest BCUT2D eigenvalue weighted by molar-refractivity contribution is 5.02. The van der Waals surface area contributed by atoms with Gasteiger partial charge in [-0.05, 0) is 35.5 Å². The van der Waals surface area contributed by atoms with Crippen LogP contribution in [0.3, 0.4) is 0 Å². The highest BCUT2D eigenvalue weighted by Crippen LogP contribution is 2.61. The van der Waals surface area contributed by atoms with Gasteiger partial charge in [-0.2, -0.15) is 0 Å². The summed E-state index contributed by atoms with van der Waals surface area (Å²) in [7, 11) is 0. The molecular weight excluding hydrogens is 156 g/mol. The molecule has 0 aromatic heterocycles. The van der Waals surface area contributed by atoms with Crippen LogP contribution in [0.2, 0.25) is 0 Å². The van der Waals surface area contributed by atoms with Crippen LogP contribution in [-0.4, -0.2) is 0 Å². The zero-order valence-corrected chi connectivity index (χ0v) is 10.2. The average Bonchev–Trinajstić information content (AvgIpc) is 2.48. The summed E-state index contributed by atoms with van der Waals surface area (Å²) in [6.45, 7) is 14.3. The van der Waals surface area contributed by atoms with Crippen LogP contribution < -0.4 is 0 Å². The highest BCUT2D eigenvalue weighted by Gasteiger charge is 2.54. The van der Waals surface area contributed by atoms with Crippen LogP contribution >= 0.6 is 0 Å². The average molecular weight is 182 g/mol. The fourth-order valence-electron chi connectivity index (χ4n) is 2.76. The first kappa shape index (κ1) is 11.1. The molecule has 78 valence electrons. The van der Waals surface area contributed by atoms with Crippen LogP contribution in [0, 0.1) is 29.1 Å². The van der Waals surface area contributed by atoms with Crippen molar-refractivity contribution < 1.29 is 0 Å². The molecule has 1 fully saturated rings. The Morgan fingerprint density at radius 2 is 1.69 bits per heavy atom. The Hall–Kier alpha value is 0. The van der Waals surface area contributed by atoms with Crippen molar-refractivity contribution in [2.75, 3.05) is 0 Å². The molecule has 0 heterocycles. The summed E-state index contributed by atoms with van der Waals surface area (Å²) >= 11 is 0. The van der Waals surface area contributed by atoms with E-state index in [-0.39, 0.29) is 0 Å². The van der Waals surface area contributed by atoms with E-state index in [1.807, 2.05) is 0 Å². The van der Waals surface area contributed by atoms with Crippen molar-refractivity contribution in [2.45, 2.75) is 54.4 Å². The molecule has 0 N–H and O–H groups in total. The predicted octanol–water partition coefficient (Wildman–Crippen LogP) is 4.35. The minimum Gasteiger partial charge on any atom is -0.0651 e.